The molecule has 8 heteroatoms. The Hall–Kier alpha value is -4.85. The van der Waals surface area contributed by atoms with Gasteiger partial charge in [0, 0.05) is 6.42 Å². The number of unbranched alkanes of at least 4 members (excludes halogenated alkanes) is 1. The summed E-state index contributed by atoms with van der Waals surface area (Å²) in [5.74, 6) is 0.969. The Balaban J connectivity index is 1.28. The summed E-state index contributed by atoms with van der Waals surface area (Å²) in [6.07, 6.45) is 2.57. The fourth-order valence-electron chi connectivity index (χ4n) is 3.43. The molecule has 0 saturated heterocycles. The average molecular weight is 519 g/mol. The summed E-state index contributed by atoms with van der Waals surface area (Å²) in [6.45, 7) is 4.44. The zero-order valence-corrected chi connectivity index (χ0v) is 22.1. The first-order valence-electron chi connectivity index (χ1n) is 12.8. The molecule has 0 N–H and O–H groups in total. The summed E-state index contributed by atoms with van der Waals surface area (Å²) < 4.78 is 5.67. The van der Waals surface area contributed by atoms with Crippen LogP contribution in [0.5, 0.6) is 5.75 Å². The molecule has 0 aliphatic carbocycles. The van der Waals surface area contributed by atoms with Gasteiger partial charge in [-0.3, -0.25) is 4.79 Å². The molecule has 196 valence electrons. The maximum Gasteiger partial charge on any atom is 0.134 e. The minimum atomic E-state index is 0.131. The fourth-order valence-corrected chi connectivity index (χ4v) is 3.43. The molecule has 0 saturated carbocycles. The highest BCUT2D eigenvalue weighted by Gasteiger charge is 1.99. The maximum atomic E-state index is 11.2. The van der Waals surface area contributed by atoms with Crippen LogP contribution >= 0.6 is 0 Å². The van der Waals surface area contributed by atoms with Gasteiger partial charge in [-0.2, -0.15) is 30.7 Å². The van der Waals surface area contributed by atoms with Crippen molar-refractivity contribution in [3.05, 3.63) is 103 Å². The van der Waals surface area contributed by atoms with E-state index in [1.54, 1.807) is 6.92 Å². The van der Waals surface area contributed by atoms with Crippen molar-refractivity contribution in [3.63, 3.8) is 0 Å². The number of hydrogen-bond acceptors (Lipinski definition) is 8. The van der Waals surface area contributed by atoms with Crippen LogP contribution in [0.1, 0.15) is 32.3 Å². The van der Waals surface area contributed by atoms with E-state index in [1.807, 2.05) is 97.1 Å². The summed E-state index contributed by atoms with van der Waals surface area (Å²) >= 11 is 0. The molecule has 39 heavy (non-hydrogen) atoms. The predicted octanol–water partition coefficient (Wildman–Crippen LogP) is 10.2. The molecule has 0 heterocycles. The van der Waals surface area contributed by atoms with E-state index in [1.165, 1.54) is 0 Å². The van der Waals surface area contributed by atoms with Gasteiger partial charge in [0.25, 0.3) is 0 Å². The first-order chi connectivity index (χ1) is 19.1. The number of ether oxygens (including phenoxy) is 1. The standard InChI is InChI=1S/C31H30N6O2/c1-3-4-21-39-31-19-17-30(18-20-31)37-36-29-15-13-28(14-16-29)35-34-27-11-9-26(10-12-27)33-32-25-7-5-24(6-8-25)22-23(2)38/h5-20H,3-4,21-22H2,1-2H3. The van der Waals surface area contributed by atoms with Gasteiger partial charge < -0.3 is 4.74 Å². The third-order valence-corrected chi connectivity index (χ3v) is 5.53. The van der Waals surface area contributed by atoms with Crippen LogP contribution in [0.25, 0.3) is 0 Å². The minimum absolute atomic E-state index is 0.131. The normalized spacial score (nSPS) is 11.5. The molecule has 4 aromatic rings. The largest absolute Gasteiger partial charge is 0.494 e. The SMILES string of the molecule is CCCCOc1ccc(N=Nc2ccc(N=Nc3ccc(N=Nc4ccc(CC(C)=O)cc4)cc3)cc2)cc1. The van der Waals surface area contributed by atoms with Crippen molar-refractivity contribution in [2.75, 3.05) is 6.61 Å². The van der Waals surface area contributed by atoms with Gasteiger partial charge in [0.1, 0.15) is 11.5 Å². The van der Waals surface area contributed by atoms with Gasteiger partial charge in [-0.05, 0) is 104 Å². The molecule has 4 rings (SSSR count). The maximum absolute atomic E-state index is 11.2. The molecule has 0 atom stereocenters. The summed E-state index contributed by atoms with van der Waals surface area (Å²) in [7, 11) is 0. The van der Waals surface area contributed by atoms with Crippen LogP contribution in [0.15, 0.2) is 128 Å². The number of benzene rings is 4. The van der Waals surface area contributed by atoms with Crippen LogP contribution in [0.2, 0.25) is 0 Å². The van der Waals surface area contributed by atoms with Gasteiger partial charge >= 0.3 is 0 Å². The van der Waals surface area contributed by atoms with Gasteiger partial charge in [0.05, 0.1) is 40.7 Å². The molecule has 4 aromatic carbocycles. The number of carbonyl (C=O) groups excluding carboxylic acids is 1. The monoisotopic (exact) mass is 518 g/mol. The molecule has 0 radical (unpaired) electrons. The Kier molecular flexibility index (Phi) is 9.89. The van der Waals surface area contributed by atoms with E-state index in [9.17, 15) is 4.79 Å². The van der Waals surface area contributed by atoms with Crippen molar-refractivity contribution in [1.29, 1.82) is 0 Å². The zero-order valence-electron chi connectivity index (χ0n) is 22.1. The van der Waals surface area contributed by atoms with Gasteiger partial charge in [-0.1, -0.05) is 25.5 Å². The van der Waals surface area contributed by atoms with Crippen molar-refractivity contribution in [2.45, 2.75) is 33.1 Å². The molecule has 0 aromatic heterocycles. The first kappa shape index (κ1) is 27.2. The Labute approximate surface area is 228 Å². The number of ketones is 1. The van der Waals surface area contributed by atoms with E-state index in [-0.39, 0.29) is 5.78 Å². The Morgan fingerprint density at radius 3 is 1.23 bits per heavy atom. The predicted molar refractivity (Wildman–Crippen MR) is 153 cm³/mol. The van der Waals surface area contributed by atoms with Crippen LogP contribution in [0.3, 0.4) is 0 Å². The van der Waals surface area contributed by atoms with Crippen LogP contribution in [0, 0.1) is 0 Å². The lowest BCUT2D eigenvalue weighted by atomic mass is 10.1. The molecule has 0 aliphatic rings. The quantitative estimate of drug-likeness (QED) is 0.138. The van der Waals surface area contributed by atoms with Crippen molar-refractivity contribution in [2.24, 2.45) is 30.7 Å². The summed E-state index contributed by atoms with van der Waals surface area (Å²) in [5.41, 5.74) is 5.28. The molecule has 0 aliphatic heterocycles. The molecule has 0 amide bonds. The molecule has 0 fully saturated rings. The molecule has 0 bridgehead atoms. The lowest BCUT2D eigenvalue weighted by Crippen LogP contribution is -1.95. The number of Topliss-reactive ketones (excluding diaryl/α,β-unsaturated/α-hetero) is 1. The summed E-state index contributed by atoms with van der Waals surface area (Å²) in [5, 5.41) is 25.6. The number of hydrogen-bond donors (Lipinski definition) is 0. The van der Waals surface area contributed by atoms with Gasteiger partial charge in [0.15, 0.2) is 0 Å². The summed E-state index contributed by atoms with van der Waals surface area (Å²) in [6, 6.07) is 29.7. The molecule has 0 unspecified atom stereocenters. The number of azo groups is 3. The first-order valence-corrected chi connectivity index (χ1v) is 12.8. The number of rotatable bonds is 12. The molecule has 0 spiro atoms. The second kappa shape index (κ2) is 14.2. The van der Waals surface area contributed by atoms with E-state index in [2.05, 4.69) is 37.6 Å². The number of carbonyl (C=O) groups is 1. The highest BCUT2D eigenvalue weighted by molar-refractivity contribution is 5.78. The molecular weight excluding hydrogens is 488 g/mol. The van der Waals surface area contributed by atoms with E-state index in [4.69, 9.17) is 4.74 Å². The highest BCUT2D eigenvalue weighted by Crippen LogP contribution is 2.26. The molecular formula is C31H30N6O2. The van der Waals surface area contributed by atoms with Crippen molar-refractivity contribution >= 4 is 39.9 Å². The van der Waals surface area contributed by atoms with Crippen LogP contribution in [-0.2, 0) is 11.2 Å². The number of nitrogens with zero attached hydrogens (tertiary/aromatic N) is 6. The van der Waals surface area contributed by atoms with Crippen molar-refractivity contribution in [3.8, 4) is 5.75 Å². The minimum Gasteiger partial charge on any atom is -0.494 e. The lowest BCUT2D eigenvalue weighted by Gasteiger charge is -2.04. The highest BCUT2D eigenvalue weighted by atomic mass is 16.5. The van der Waals surface area contributed by atoms with E-state index >= 15 is 0 Å². The summed E-state index contributed by atoms with van der Waals surface area (Å²) in [4.78, 5) is 11.2. The zero-order chi connectivity index (χ0) is 27.3. The Bertz CT molecular complexity index is 1430. The third kappa shape index (κ3) is 9.19. The second-order valence-electron chi connectivity index (χ2n) is 8.87. The second-order valence-corrected chi connectivity index (χ2v) is 8.87. The van der Waals surface area contributed by atoms with E-state index in [0.717, 1.165) is 47.8 Å². The van der Waals surface area contributed by atoms with Crippen LogP contribution in [-0.4, -0.2) is 12.4 Å². The topological polar surface area (TPSA) is 100 Å². The average Bonchev–Trinajstić information content (AvgIpc) is 2.96. The third-order valence-electron chi connectivity index (χ3n) is 5.53. The van der Waals surface area contributed by atoms with Crippen LogP contribution in [0.4, 0.5) is 34.1 Å². The molecule has 8 nitrogen and oxygen atoms in total. The van der Waals surface area contributed by atoms with Gasteiger partial charge in [-0.15, -0.1) is 0 Å². The fraction of sp³-hybridized carbons (Fsp3) is 0.194. The van der Waals surface area contributed by atoms with Crippen molar-refractivity contribution in [1.82, 2.24) is 0 Å². The van der Waals surface area contributed by atoms with Gasteiger partial charge in [0.2, 0.25) is 0 Å². The van der Waals surface area contributed by atoms with E-state index in [0.29, 0.717) is 23.5 Å². The Morgan fingerprint density at radius 2 is 0.897 bits per heavy atom. The van der Waals surface area contributed by atoms with Gasteiger partial charge in [-0.25, -0.2) is 0 Å². The van der Waals surface area contributed by atoms with Crippen molar-refractivity contribution < 1.29 is 9.53 Å². The van der Waals surface area contributed by atoms with Crippen LogP contribution < -0.4 is 4.74 Å². The smallest absolute Gasteiger partial charge is 0.134 e. The lowest BCUT2D eigenvalue weighted by molar-refractivity contribution is -0.116. The Morgan fingerprint density at radius 1 is 0.564 bits per heavy atom. The van der Waals surface area contributed by atoms with E-state index < -0.39 is 0 Å².